The Kier molecular flexibility index (Phi) is 6.39. The minimum Gasteiger partial charge on any atom is -0.378 e. The lowest BCUT2D eigenvalue weighted by molar-refractivity contribution is -0.125. The second-order valence-corrected chi connectivity index (χ2v) is 9.32. The number of nitrogens with zero attached hydrogens (tertiary/aromatic N) is 2. The molecule has 1 aromatic heterocycles. The van der Waals surface area contributed by atoms with Crippen molar-refractivity contribution in [2.24, 2.45) is 5.92 Å². The van der Waals surface area contributed by atoms with Crippen LogP contribution < -0.4 is 10.2 Å². The number of carbonyl (C=O) groups is 2. The van der Waals surface area contributed by atoms with E-state index in [0.717, 1.165) is 55.1 Å². The van der Waals surface area contributed by atoms with Crippen molar-refractivity contribution in [3.8, 4) is 0 Å². The molecular weight excluding hydrogens is 398 g/mol. The van der Waals surface area contributed by atoms with Crippen LogP contribution in [0, 0.1) is 5.92 Å². The number of nitrogens with one attached hydrogen (secondary N) is 1. The monoisotopic (exact) mass is 427 g/mol. The average Bonchev–Trinajstić information content (AvgIpc) is 3.21. The maximum atomic E-state index is 12.7. The van der Waals surface area contributed by atoms with Crippen molar-refractivity contribution < 1.29 is 14.3 Å². The summed E-state index contributed by atoms with van der Waals surface area (Å²) in [5.74, 6) is 0.113. The summed E-state index contributed by atoms with van der Waals surface area (Å²) in [5.41, 5.74) is 3.46. The fourth-order valence-electron chi connectivity index (χ4n) is 4.05. The highest BCUT2D eigenvalue weighted by Crippen LogP contribution is 2.33. The molecule has 1 N–H and O–H groups in total. The zero-order valence-electron chi connectivity index (χ0n) is 17.6. The van der Waals surface area contributed by atoms with E-state index in [9.17, 15) is 9.59 Å². The van der Waals surface area contributed by atoms with Gasteiger partial charge in [0.25, 0.3) is 5.91 Å². The molecule has 1 aliphatic carbocycles. The van der Waals surface area contributed by atoms with Crippen molar-refractivity contribution >= 4 is 28.8 Å². The first-order chi connectivity index (χ1) is 14.5. The largest absolute Gasteiger partial charge is 0.378 e. The molecule has 7 heteroatoms. The first-order valence-corrected chi connectivity index (χ1v) is 11.4. The van der Waals surface area contributed by atoms with Gasteiger partial charge in [-0.3, -0.25) is 9.59 Å². The molecule has 0 saturated carbocycles. The van der Waals surface area contributed by atoms with Crippen LogP contribution in [0.25, 0.3) is 0 Å². The van der Waals surface area contributed by atoms with Crippen molar-refractivity contribution in [3.05, 3.63) is 51.2 Å². The SMILES string of the molecule is CN(C)C(=O)c1cc2c(s1)CC[C@@H](C(=O)NCc1ccc(N3CCOCC3)cc1)C2. The van der Waals surface area contributed by atoms with Crippen LogP contribution >= 0.6 is 11.3 Å². The summed E-state index contributed by atoms with van der Waals surface area (Å²) in [5, 5.41) is 3.10. The smallest absolute Gasteiger partial charge is 0.263 e. The van der Waals surface area contributed by atoms with E-state index in [1.807, 2.05) is 6.07 Å². The summed E-state index contributed by atoms with van der Waals surface area (Å²) in [6.07, 6.45) is 2.42. The lowest BCUT2D eigenvalue weighted by Crippen LogP contribution is -2.36. The number of thiophene rings is 1. The van der Waals surface area contributed by atoms with E-state index in [0.29, 0.717) is 13.0 Å². The number of carbonyl (C=O) groups excluding carboxylic acids is 2. The Balaban J connectivity index is 1.31. The Bertz CT molecular complexity index is 901. The molecule has 0 spiro atoms. The number of morpholine rings is 1. The van der Waals surface area contributed by atoms with Crippen LogP contribution in [0.5, 0.6) is 0 Å². The molecule has 0 unspecified atom stereocenters. The van der Waals surface area contributed by atoms with E-state index in [-0.39, 0.29) is 17.7 Å². The predicted molar refractivity (Wildman–Crippen MR) is 119 cm³/mol. The lowest BCUT2D eigenvalue weighted by Gasteiger charge is -2.29. The van der Waals surface area contributed by atoms with Gasteiger partial charge in [-0.15, -0.1) is 11.3 Å². The molecule has 6 nitrogen and oxygen atoms in total. The summed E-state index contributed by atoms with van der Waals surface area (Å²) in [7, 11) is 3.54. The van der Waals surface area contributed by atoms with Gasteiger partial charge < -0.3 is 19.9 Å². The third-order valence-corrected chi connectivity index (χ3v) is 7.07. The summed E-state index contributed by atoms with van der Waals surface area (Å²) in [6.45, 7) is 3.93. The van der Waals surface area contributed by atoms with Crippen LogP contribution in [0.2, 0.25) is 0 Å². The Labute approximate surface area is 181 Å². The number of fused-ring (bicyclic) bond motifs is 1. The van der Waals surface area contributed by atoms with Crippen molar-refractivity contribution in [3.63, 3.8) is 0 Å². The van der Waals surface area contributed by atoms with Crippen LogP contribution in [0.15, 0.2) is 30.3 Å². The Morgan fingerprint density at radius 2 is 1.93 bits per heavy atom. The second kappa shape index (κ2) is 9.18. The van der Waals surface area contributed by atoms with Gasteiger partial charge in [0.2, 0.25) is 5.91 Å². The van der Waals surface area contributed by atoms with Gasteiger partial charge >= 0.3 is 0 Å². The summed E-state index contributed by atoms with van der Waals surface area (Å²) in [6, 6.07) is 10.4. The molecule has 30 heavy (non-hydrogen) atoms. The quantitative estimate of drug-likeness (QED) is 0.797. The van der Waals surface area contributed by atoms with Crippen molar-refractivity contribution in [2.75, 3.05) is 45.3 Å². The number of aryl methyl sites for hydroxylation is 1. The second-order valence-electron chi connectivity index (χ2n) is 8.18. The van der Waals surface area contributed by atoms with E-state index in [1.165, 1.54) is 10.6 Å². The van der Waals surface area contributed by atoms with E-state index < -0.39 is 0 Å². The number of amides is 2. The molecule has 1 aromatic carbocycles. The number of anilines is 1. The van der Waals surface area contributed by atoms with E-state index in [4.69, 9.17) is 4.74 Å². The number of benzene rings is 1. The fourth-order valence-corrected chi connectivity index (χ4v) is 5.28. The Morgan fingerprint density at radius 3 is 2.63 bits per heavy atom. The first kappa shape index (κ1) is 20.9. The number of hydrogen-bond acceptors (Lipinski definition) is 5. The fraction of sp³-hybridized carbons (Fsp3) is 0.478. The van der Waals surface area contributed by atoms with E-state index in [2.05, 4.69) is 34.5 Å². The minimum absolute atomic E-state index is 0.0259. The highest BCUT2D eigenvalue weighted by atomic mass is 32.1. The molecular formula is C23H29N3O3S. The zero-order chi connectivity index (χ0) is 21.1. The predicted octanol–water partition coefficient (Wildman–Crippen LogP) is 2.71. The highest BCUT2D eigenvalue weighted by molar-refractivity contribution is 7.14. The summed E-state index contributed by atoms with van der Waals surface area (Å²) in [4.78, 5) is 30.9. The molecule has 1 saturated heterocycles. The summed E-state index contributed by atoms with van der Waals surface area (Å²) < 4.78 is 5.41. The molecule has 2 aromatic rings. The molecule has 1 atom stereocenters. The lowest BCUT2D eigenvalue weighted by atomic mass is 9.87. The molecule has 1 fully saturated rings. The third kappa shape index (κ3) is 4.68. The molecule has 2 amide bonds. The number of hydrogen-bond donors (Lipinski definition) is 1. The third-order valence-electron chi connectivity index (χ3n) is 5.85. The Hall–Kier alpha value is -2.38. The number of ether oxygens (including phenoxy) is 1. The van der Waals surface area contributed by atoms with Gasteiger partial charge in [0.05, 0.1) is 18.1 Å². The minimum atomic E-state index is -0.0259. The Morgan fingerprint density at radius 1 is 1.20 bits per heavy atom. The molecule has 160 valence electrons. The number of rotatable bonds is 5. The molecule has 2 aliphatic rings. The van der Waals surface area contributed by atoms with Gasteiger partial charge in [0, 0.05) is 50.2 Å². The highest BCUT2D eigenvalue weighted by Gasteiger charge is 2.27. The van der Waals surface area contributed by atoms with Crippen LogP contribution in [0.3, 0.4) is 0 Å². The van der Waals surface area contributed by atoms with Crippen LogP contribution in [0.1, 0.15) is 32.1 Å². The van der Waals surface area contributed by atoms with E-state index in [1.54, 1.807) is 30.3 Å². The zero-order valence-corrected chi connectivity index (χ0v) is 18.5. The molecule has 4 rings (SSSR count). The van der Waals surface area contributed by atoms with Gasteiger partial charge in [-0.25, -0.2) is 0 Å². The molecule has 0 bridgehead atoms. The standard InChI is InChI=1S/C23H29N3O3S/c1-25(2)23(28)21-14-18-13-17(5-8-20(18)30-21)22(27)24-15-16-3-6-19(7-4-16)26-9-11-29-12-10-26/h3-4,6-7,14,17H,5,8-13,15H2,1-2H3,(H,24,27)/t17-/m1/s1. The van der Waals surface area contributed by atoms with Gasteiger partial charge in [-0.1, -0.05) is 12.1 Å². The topological polar surface area (TPSA) is 61.9 Å². The first-order valence-electron chi connectivity index (χ1n) is 10.5. The van der Waals surface area contributed by atoms with Crippen molar-refractivity contribution in [1.29, 1.82) is 0 Å². The van der Waals surface area contributed by atoms with Gasteiger partial charge in [0.1, 0.15) is 0 Å². The van der Waals surface area contributed by atoms with Crippen LogP contribution in [-0.4, -0.2) is 57.1 Å². The van der Waals surface area contributed by atoms with Gasteiger partial charge in [-0.05, 0) is 48.6 Å². The van der Waals surface area contributed by atoms with Crippen LogP contribution in [0.4, 0.5) is 5.69 Å². The van der Waals surface area contributed by atoms with Crippen molar-refractivity contribution in [1.82, 2.24) is 10.2 Å². The summed E-state index contributed by atoms with van der Waals surface area (Å²) >= 11 is 1.57. The molecule has 2 heterocycles. The normalized spacial score (nSPS) is 18.6. The maximum Gasteiger partial charge on any atom is 0.263 e. The van der Waals surface area contributed by atoms with Gasteiger partial charge in [-0.2, -0.15) is 0 Å². The van der Waals surface area contributed by atoms with Crippen molar-refractivity contribution in [2.45, 2.75) is 25.8 Å². The van der Waals surface area contributed by atoms with Crippen LogP contribution in [-0.2, 0) is 28.9 Å². The maximum absolute atomic E-state index is 12.7. The van der Waals surface area contributed by atoms with Gasteiger partial charge in [0.15, 0.2) is 0 Å². The van der Waals surface area contributed by atoms with E-state index >= 15 is 0 Å². The molecule has 1 aliphatic heterocycles. The molecule has 0 radical (unpaired) electrons. The average molecular weight is 428 g/mol.